The third-order valence-corrected chi connectivity index (χ3v) is 3.88. The summed E-state index contributed by atoms with van der Waals surface area (Å²) < 4.78 is 21.0. The van der Waals surface area contributed by atoms with Crippen LogP contribution < -0.4 is 0 Å². The van der Waals surface area contributed by atoms with Crippen molar-refractivity contribution in [3.63, 3.8) is 0 Å². The van der Waals surface area contributed by atoms with Crippen LogP contribution in [-0.2, 0) is 4.74 Å². The van der Waals surface area contributed by atoms with Crippen molar-refractivity contribution in [2.75, 3.05) is 13.2 Å². The Hall–Kier alpha value is -1.68. The third kappa shape index (κ3) is 2.14. The largest absolute Gasteiger partial charge is 0.379 e. The molecule has 1 atom stereocenters. The van der Waals surface area contributed by atoms with Crippen LogP contribution in [0.4, 0.5) is 4.39 Å². The number of ether oxygens (including phenoxy) is 1. The molecule has 1 unspecified atom stereocenters. The van der Waals surface area contributed by atoms with E-state index in [1.165, 1.54) is 12.1 Å². The Morgan fingerprint density at radius 3 is 2.90 bits per heavy atom. The highest BCUT2D eigenvalue weighted by molar-refractivity contribution is 6.08. The topological polar surface area (TPSA) is 31.2 Å². The van der Waals surface area contributed by atoms with Gasteiger partial charge in [0.2, 0.25) is 0 Å². The van der Waals surface area contributed by atoms with E-state index in [1.54, 1.807) is 6.07 Å². The summed E-state index contributed by atoms with van der Waals surface area (Å²) in [5.41, 5.74) is 1.52. The highest BCUT2D eigenvalue weighted by Gasteiger charge is 2.24. The van der Waals surface area contributed by atoms with Crippen LogP contribution in [0.2, 0.25) is 0 Å². The second kappa shape index (κ2) is 5.02. The molecule has 0 bridgehead atoms. The highest BCUT2D eigenvalue weighted by atomic mass is 19.1. The van der Waals surface area contributed by atoms with Gasteiger partial charge in [-0.15, -0.1) is 0 Å². The Morgan fingerprint density at radius 2 is 2.25 bits per heavy atom. The van der Waals surface area contributed by atoms with Gasteiger partial charge in [-0.05, 0) is 24.6 Å². The van der Waals surface area contributed by atoms with Crippen molar-refractivity contribution in [3.8, 4) is 0 Å². The summed E-state index contributed by atoms with van der Waals surface area (Å²) in [7, 11) is 0. The average Bonchev–Trinajstić information content (AvgIpc) is 3.03. The summed E-state index contributed by atoms with van der Waals surface area (Å²) in [6.45, 7) is 5.11. The minimum absolute atomic E-state index is 0.0539. The SMILES string of the molecule is CC(C)C(=O)c1cn(C2CCOC2)c2ccc(F)cc12. The molecule has 1 aromatic heterocycles. The van der Waals surface area contributed by atoms with E-state index in [0.717, 1.165) is 18.5 Å². The number of fused-ring (bicyclic) bond motifs is 1. The zero-order valence-electron chi connectivity index (χ0n) is 11.7. The predicted molar refractivity (Wildman–Crippen MR) is 75.5 cm³/mol. The normalized spacial score (nSPS) is 19.1. The smallest absolute Gasteiger partial charge is 0.167 e. The van der Waals surface area contributed by atoms with Gasteiger partial charge in [-0.1, -0.05) is 13.8 Å². The molecule has 2 heterocycles. The first-order chi connectivity index (χ1) is 9.58. The van der Waals surface area contributed by atoms with Gasteiger partial charge in [0.05, 0.1) is 12.6 Å². The molecule has 0 spiro atoms. The maximum Gasteiger partial charge on any atom is 0.167 e. The van der Waals surface area contributed by atoms with Gasteiger partial charge in [-0.25, -0.2) is 4.39 Å². The van der Waals surface area contributed by atoms with Crippen LogP contribution in [0.3, 0.4) is 0 Å². The number of ketones is 1. The van der Waals surface area contributed by atoms with E-state index in [0.29, 0.717) is 17.6 Å². The Bertz CT molecular complexity index is 654. The Morgan fingerprint density at radius 1 is 1.45 bits per heavy atom. The van der Waals surface area contributed by atoms with Crippen LogP contribution in [0.25, 0.3) is 10.9 Å². The van der Waals surface area contributed by atoms with E-state index in [9.17, 15) is 9.18 Å². The first-order valence-corrected chi connectivity index (χ1v) is 7.00. The predicted octanol–water partition coefficient (Wildman–Crippen LogP) is 3.58. The number of halogens is 1. The number of benzene rings is 1. The third-order valence-electron chi connectivity index (χ3n) is 3.88. The van der Waals surface area contributed by atoms with Gasteiger partial charge in [0.1, 0.15) is 5.82 Å². The summed E-state index contributed by atoms with van der Waals surface area (Å²) in [4.78, 5) is 12.3. The van der Waals surface area contributed by atoms with Gasteiger partial charge in [-0.3, -0.25) is 4.79 Å². The Kier molecular flexibility index (Phi) is 3.34. The van der Waals surface area contributed by atoms with Crippen molar-refractivity contribution >= 4 is 16.7 Å². The van der Waals surface area contributed by atoms with E-state index < -0.39 is 0 Å². The van der Waals surface area contributed by atoms with E-state index >= 15 is 0 Å². The fraction of sp³-hybridized carbons (Fsp3) is 0.438. The quantitative estimate of drug-likeness (QED) is 0.802. The van der Waals surface area contributed by atoms with E-state index in [4.69, 9.17) is 4.74 Å². The van der Waals surface area contributed by atoms with E-state index in [2.05, 4.69) is 4.57 Å². The number of hydrogen-bond donors (Lipinski definition) is 0. The molecule has 4 heteroatoms. The second-order valence-electron chi connectivity index (χ2n) is 5.65. The van der Waals surface area contributed by atoms with Crippen LogP contribution in [-0.4, -0.2) is 23.6 Å². The van der Waals surface area contributed by atoms with Gasteiger partial charge in [0.15, 0.2) is 5.78 Å². The summed E-state index contributed by atoms with van der Waals surface area (Å²) in [5.74, 6) is -0.355. The lowest BCUT2D eigenvalue weighted by molar-refractivity contribution is 0.0940. The number of carbonyl (C=O) groups is 1. The molecule has 0 aliphatic carbocycles. The van der Waals surface area contributed by atoms with Crippen LogP contribution in [0, 0.1) is 11.7 Å². The standard InChI is InChI=1S/C16H18FNO2/c1-10(2)16(19)14-8-18(12-5-6-20-9-12)15-4-3-11(17)7-13(14)15/h3-4,7-8,10,12H,5-6,9H2,1-2H3. The number of carbonyl (C=O) groups excluding carboxylic acids is 1. The molecule has 2 aromatic rings. The van der Waals surface area contributed by atoms with E-state index in [1.807, 2.05) is 20.0 Å². The molecule has 1 aromatic carbocycles. The Labute approximate surface area is 117 Å². The monoisotopic (exact) mass is 275 g/mol. The van der Waals surface area contributed by atoms with Crippen LogP contribution in [0.5, 0.6) is 0 Å². The number of aromatic nitrogens is 1. The first kappa shape index (κ1) is 13.3. The van der Waals surface area contributed by atoms with Crippen molar-refractivity contribution in [2.24, 2.45) is 5.92 Å². The van der Waals surface area contributed by atoms with E-state index in [-0.39, 0.29) is 23.6 Å². The molecule has 3 rings (SSSR count). The molecule has 106 valence electrons. The lowest BCUT2D eigenvalue weighted by atomic mass is 10.0. The zero-order valence-corrected chi connectivity index (χ0v) is 11.7. The van der Waals surface area contributed by atoms with Gasteiger partial charge < -0.3 is 9.30 Å². The average molecular weight is 275 g/mol. The summed E-state index contributed by atoms with van der Waals surface area (Å²) >= 11 is 0. The van der Waals surface area contributed by atoms with Gasteiger partial charge in [-0.2, -0.15) is 0 Å². The maximum absolute atomic E-state index is 13.5. The molecule has 1 aliphatic rings. The summed E-state index contributed by atoms with van der Waals surface area (Å²) in [6, 6.07) is 4.88. The molecule has 3 nitrogen and oxygen atoms in total. The fourth-order valence-electron chi connectivity index (χ4n) is 2.78. The lowest BCUT2D eigenvalue weighted by Gasteiger charge is -2.11. The fourth-order valence-corrected chi connectivity index (χ4v) is 2.78. The molecule has 1 fully saturated rings. The van der Waals surface area contributed by atoms with Crippen molar-refractivity contribution in [1.82, 2.24) is 4.57 Å². The van der Waals surface area contributed by atoms with Gasteiger partial charge >= 0.3 is 0 Å². The van der Waals surface area contributed by atoms with Crippen LogP contribution in [0.15, 0.2) is 24.4 Å². The van der Waals surface area contributed by atoms with Crippen molar-refractivity contribution in [3.05, 3.63) is 35.8 Å². The molecule has 1 aliphatic heterocycles. The van der Waals surface area contributed by atoms with Crippen LogP contribution >= 0.6 is 0 Å². The molecule has 0 amide bonds. The minimum atomic E-state index is -0.310. The second-order valence-corrected chi connectivity index (χ2v) is 5.65. The lowest BCUT2D eigenvalue weighted by Crippen LogP contribution is -2.09. The number of nitrogens with zero attached hydrogens (tertiary/aromatic N) is 1. The van der Waals surface area contributed by atoms with Crippen LogP contribution in [0.1, 0.15) is 36.7 Å². The molecule has 20 heavy (non-hydrogen) atoms. The molecule has 0 radical (unpaired) electrons. The van der Waals surface area contributed by atoms with Gasteiger partial charge in [0.25, 0.3) is 0 Å². The maximum atomic E-state index is 13.5. The summed E-state index contributed by atoms with van der Waals surface area (Å²) in [6.07, 6.45) is 2.79. The first-order valence-electron chi connectivity index (χ1n) is 7.00. The minimum Gasteiger partial charge on any atom is -0.379 e. The molecule has 1 saturated heterocycles. The number of hydrogen-bond acceptors (Lipinski definition) is 2. The highest BCUT2D eigenvalue weighted by Crippen LogP contribution is 2.30. The number of Topliss-reactive ketones (excluding diaryl/α,β-unsaturated/α-hetero) is 1. The zero-order chi connectivity index (χ0) is 14.3. The molecular formula is C16H18FNO2. The molecule has 0 N–H and O–H groups in total. The molecule has 0 saturated carbocycles. The molecular weight excluding hydrogens is 257 g/mol. The van der Waals surface area contributed by atoms with Crippen molar-refractivity contribution in [2.45, 2.75) is 26.3 Å². The van der Waals surface area contributed by atoms with Gasteiger partial charge in [0, 0.05) is 35.2 Å². The number of rotatable bonds is 3. The van der Waals surface area contributed by atoms with Crippen molar-refractivity contribution in [1.29, 1.82) is 0 Å². The van der Waals surface area contributed by atoms with Crippen molar-refractivity contribution < 1.29 is 13.9 Å². The Balaban J connectivity index is 2.18. The summed E-state index contributed by atoms with van der Waals surface area (Å²) in [5, 5.41) is 0.704.